The van der Waals surface area contributed by atoms with Crippen molar-refractivity contribution in [3.8, 4) is 0 Å². The number of likely N-dealkylation sites (tertiary alicyclic amines) is 1. The van der Waals surface area contributed by atoms with Crippen LogP contribution in [-0.4, -0.2) is 71.1 Å². The van der Waals surface area contributed by atoms with Gasteiger partial charge in [0, 0.05) is 6.54 Å². The number of benzene rings is 1. The van der Waals surface area contributed by atoms with Crippen molar-refractivity contribution in [3.05, 3.63) is 47.5 Å². The van der Waals surface area contributed by atoms with Crippen molar-refractivity contribution in [2.24, 2.45) is 28.9 Å². The summed E-state index contributed by atoms with van der Waals surface area (Å²) >= 11 is 0. The molecule has 5 N–H and O–H groups in total. The summed E-state index contributed by atoms with van der Waals surface area (Å²) in [6.07, 6.45) is 8.92. The Morgan fingerprint density at radius 2 is 1.60 bits per heavy atom. The number of esters is 1. The number of nitrogens with zero attached hydrogens (tertiary/aromatic N) is 1. The van der Waals surface area contributed by atoms with Gasteiger partial charge in [0.25, 0.3) is 5.91 Å². The topological polar surface area (TPSA) is 177 Å². The third-order valence-electron chi connectivity index (χ3n) is 9.90. The van der Waals surface area contributed by atoms with Crippen LogP contribution < -0.4 is 21.7 Å². The third-order valence-corrected chi connectivity index (χ3v) is 9.90. The Bertz CT molecular complexity index is 1420. The molecule has 1 saturated heterocycles. The van der Waals surface area contributed by atoms with Gasteiger partial charge in [0.05, 0.1) is 6.04 Å². The molecule has 2 saturated carbocycles. The maximum Gasteiger partial charge on any atom is 0.329 e. The number of nitrogens with one attached hydrogen (secondary N) is 3. The molecule has 2 aliphatic carbocycles. The molecule has 1 aromatic rings. The Morgan fingerprint density at radius 1 is 0.940 bits per heavy atom. The summed E-state index contributed by atoms with van der Waals surface area (Å²) in [7, 11) is 0. The number of allylic oxidation sites excluding steroid dienone is 1. The van der Waals surface area contributed by atoms with Crippen molar-refractivity contribution in [2.75, 3.05) is 6.54 Å². The molecule has 0 aromatic heterocycles. The first-order valence-corrected chi connectivity index (χ1v) is 18.0. The maximum absolute atomic E-state index is 14.4. The van der Waals surface area contributed by atoms with Crippen molar-refractivity contribution < 1.29 is 33.5 Å². The van der Waals surface area contributed by atoms with Crippen molar-refractivity contribution in [3.63, 3.8) is 0 Å². The first kappa shape index (κ1) is 38.6. The van der Waals surface area contributed by atoms with Crippen molar-refractivity contribution in [2.45, 2.75) is 123 Å². The van der Waals surface area contributed by atoms with Gasteiger partial charge in [-0.15, -0.1) is 0 Å². The zero-order chi connectivity index (χ0) is 36.6. The second kappa shape index (κ2) is 17.1. The van der Waals surface area contributed by atoms with Crippen LogP contribution in [0.1, 0.15) is 98.0 Å². The van der Waals surface area contributed by atoms with E-state index in [2.05, 4.69) is 16.0 Å². The zero-order valence-electron chi connectivity index (χ0n) is 30.2. The first-order chi connectivity index (χ1) is 23.6. The number of urea groups is 1. The van der Waals surface area contributed by atoms with Crippen LogP contribution in [0.15, 0.2) is 42.0 Å². The lowest BCUT2D eigenvalue weighted by molar-refractivity contribution is -0.149. The van der Waals surface area contributed by atoms with Crippen LogP contribution in [0.25, 0.3) is 0 Å². The van der Waals surface area contributed by atoms with E-state index in [4.69, 9.17) is 10.5 Å². The fourth-order valence-corrected chi connectivity index (χ4v) is 7.09. The minimum atomic E-state index is -1.11. The summed E-state index contributed by atoms with van der Waals surface area (Å²) in [5.41, 5.74) is 6.38. The zero-order valence-corrected chi connectivity index (χ0v) is 30.2. The van der Waals surface area contributed by atoms with E-state index in [1.54, 1.807) is 0 Å². The average molecular weight is 694 g/mol. The molecule has 12 nitrogen and oxygen atoms in total. The summed E-state index contributed by atoms with van der Waals surface area (Å²) in [6, 6.07) is 4.68. The molecule has 12 heteroatoms. The summed E-state index contributed by atoms with van der Waals surface area (Å²) < 4.78 is 5.66. The number of rotatable bonds is 14. The van der Waals surface area contributed by atoms with Crippen LogP contribution >= 0.6 is 0 Å². The number of ketones is 1. The van der Waals surface area contributed by atoms with Gasteiger partial charge in [-0.05, 0) is 68.3 Å². The predicted octanol–water partition coefficient (Wildman–Crippen LogP) is 3.92. The largest absolute Gasteiger partial charge is 0.459 e. The van der Waals surface area contributed by atoms with Gasteiger partial charge in [-0.2, -0.15) is 0 Å². The summed E-state index contributed by atoms with van der Waals surface area (Å²) in [5.74, 6) is -3.52. The standard InChI is InChI=1S/C38H55N5O7/c1-23(2)18-26-20-29(34(46)40-28(19-24-16-17-24)31(44)33(39)45)43(21-26)35(47)32(38(3,4)5)42-37(49)41-30(27-14-10-7-11-15-27)36(48)50-22-25-12-8-6-9-13-25/h6,8-9,12-13,18,24,26-30,32H,7,10-11,14-17,19-22H2,1-5H3,(H2,39,45)(H,40,46)(H2,41,42,49)/t26-,28?,29+,30+,32-/m1/s1. The van der Waals surface area contributed by atoms with E-state index in [1.807, 2.05) is 71.0 Å². The van der Waals surface area contributed by atoms with Crippen molar-refractivity contribution in [1.29, 1.82) is 0 Å². The highest BCUT2D eigenvalue weighted by Gasteiger charge is 2.46. The van der Waals surface area contributed by atoms with E-state index < -0.39 is 65.1 Å². The molecule has 274 valence electrons. The molecule has 0 spiro atoms. The van der Waals surface area contributed by atoms with E-state index in [-0.39, 0.29) is 30.9 Å². The molecule has 3 fully saturated rings. The van der Waals surface area contributed by atoms with Crippen LogP contribution in [-0.2, 0) is 35.3 Å². The van der Waals surface area contributed by atoms with Crippen LogP contribution in [0.4, 0.5) is 4.79 Å². The molecule has 4 rings (SSSR count). The van der Waals surface area contributed by atoms with Gasteiger partial charge in [0.2, 0.25) is 17.6 Å². The number of nitrogens with two attached hydrogens (primary N) is 1. The monoisotopic (exact) mass is 693 g/mol. The van der Waals surface area contributed by atoms with Crippen molar-refractivity contribution >= 4 is 35.5 Å². The van der Waals surface area contributed by atoms with Crippen molar-refractivity contribution in [1.82, 2.24) is 20.9 Å². The van der Waals surface area contributed by atoms with Gasteiger partial charge < -0.3 is 31.3 Å². The van der Waals surface area contributed by atoms with E-state index in [1.165, 1.54) is 4.90 Å². The third kappa shape index (κ3) is 10.9. The molecule has 1 aromatic carbocycles. The lowest BCUT2D eigenvalue weighted by atomic mass is 9.83. The minimum absolute atomic E-state index is 0.0765. The van der Waals surface area contributed by atoms with Gasteiger partial charge >= 0.3 is 12.0 Å². The van der Waals surface area contributed by atoms with Gasteiger partial charge in [-0.1, -0.05) is 94.9 Å². The van der Waals surface area contributed by atoms with Crippen LogP contribution in [0, 0.1) is 23.2 Å². The normalized spacial score (nSPS) is 21.3. The summed E-state index contributed by atoms with van der Waals surface area (Å²) in [6.45, 7) is 9.64. The highest BCUT2D eigenvalue weighted by Crippen LogP contribution is 2.34. The Balaban J connectivity index is 1.52. The number of amides is 5. The number of primary amides is 1. The molecule has 1 unspecified atom stereocenters. The van der Waals surface area contributed by atoms with Gasteiger partial charge in [0.1, 0.15) is 24.7 Å². The molecule has 0 bridgehead atoms. The number of Topliss-reactive ketones (excluding diaryl/α,β-unsaturated/α-hetero) is 1. The second-order valence-electron chi connectivity index (χ2n) is 15.6. The molecular weight excluding hydrogens is 638 g/mol. The Kier molecular flexibility index (Phi) is 13.2. The molecule has 5 atom stereocenters. The molecule has 0 radical (unpaired) electrons. The SMILES string of the molecule is CC(C)=C[C@@H]1C[C@@H](C(=O)NC(CC2CC2)C(=O)C(N)=O)N(C(=O)[C@@H](NC(=O)N[C@H](C(=O)OCc2ccccc2)C2CCCCC2)C(C)(C)C)C1. The van der Waals surface area contributed by atoms with Crippen LogP contribution in [0.2, 0.25) is 0 Å². The Labute approximate surface area is 295 Å². The molecule has 1 heterocycles. The molecule has 3 aliphatic rings. The first-order valence-electron chi connectivity index (χ1n) is 18.0. The molecule has 50 heavy (non-hydrogen) atoms. The molecule has 5 amide bonds. The number of carbonyl (C=O) groups is 6. The van der Waals surface area contributed by atoms with E-state index >= 15 is 0 Å². The second-order valence-corrected chi connectivity index (χ2v) is 15.6. The number of hydrogen-bond donors (Lipinski definition) is 4. The quantitative estimate of drug-likeness (QED) is 0.130. The smallest absolute Gasteiger partial charge is 0.329 e. The lowest BCUT2D eigenvalue weighted by Gasteiger charge is -2.36. The fourth-order valence-electron chi connectivity index (χ4n) is 7.09. The van der Waals surface area contributed by atoms with E-state index in [0.717, 1.165) is 56.1 Å². The summed E-state index contributed by atoms with van der Waals surface area (Å²) in [4.78, 5) is 81.2. The summed E-state index contributed by atoms with van der Waals surface area (Å²) in [5, 5.41) is 8.42. The average Bonchev–Trinajstić information content (AvgIpc) is 3.79. The molecule has 1 aliphatic heterocycles. The highest BCUT2D eigenvalue weighted by atomic mass is 16.5. The van der Waals surface area contributed by atoms with Crippen LogP contribution in [0.3, 0.4) is 0 Å². The van der Waals surface area contributed by atoms with Gasteiger partial charge in [-0.25, -0.2) is 9.59 Å². The Hall–Kier alpha value is -4.22. The maximum atomic E-state index is 14.4. The fraction of sp³-hybridized carbons (Fsp3) is 0.632. The minimum Gasteiger partial charge on any atom is -0.459 e. The van der Waals surface area contributed by atoms with Gasteiger partial charge in [0.15, 0.2) is 0 Å². The van der Waals surface area contributed by atoms with Gasteiger partial charge in [-0.3, -0.25) is 19.2 Å². The number of carbonyl (C=O) groups excluding carboxylic acids is 6. The predicted molar refractivity (Wildman–Crippen MR) is 188 cm³/mol. The van der Waals surface area contributed by atoms with Crippen LogP contribution in [0.5, 0.6) is 0 Å². The van der Waals surface area contributed by atoms with E-state index in [9.17, 15) is 28.8 Å². The lowest BCUT2D eigenvalue weighted by Crippen LogP contribution is -2.61. The number of ether oxygens (including phenoxy) is 1. The molecular formula is C38H55N5O7. The number of hydrogen-bond acceptors (Lipinski definition) is 7. The Morgan fingerprint density at radius 3 is 2.18 bits per heavy atom. The highest BCUT2D eigenvalue weighted by molar-refractivity contribution is 6.37. The van der Waals surface area contributed by atoms with E-state index in [0.29, 0.717) is 12.8 Å².